The third-order valence-corrected chi connectivity index (χ3v) is 6.98. The summed E-state index contributed by atoms with van der Waals surface area (Å²) in [6.45, 7) is 4.04. The van der Waals surface area contributed by atoms with Crippen molar-refractivity contribution in [2.75, 3.05) is 25.1 Å². The van der Waals surface area contributed by atoms with E-state index in [0.29, 0.717) is 52.3 Å². The number of aromatic nitrogens is 2. The number of ether oxygens (including phenoxy) is 2. The Kier molecular flexibility index (Phi) is 8.36. The predicted molar refractivity (Wildman–Crippen MR) is 150 cm³/mol. The molecule has 3 N–H and O–H groups in total. The first-order chi connectivity index (χ1) is 19.7. The highest BCUT2D eigenvalue weighted by Gasteiger charge is 2.31. The smallest absolute Gasteiger partial charge is 0.254 e. The second kappa shape index (κ2) is 12.1. The quantitative estimate of drug-likeness (QED) is 0.330. The van der Waals surface area contributed by atoms with Crippen LogP contribution in [0, 0.1) is 5.82 Å². The van der Waals surface area contributed by atoms with E-state index >= 15 is 0 Å². The van der Waals surface area contributed by atoms with Gasteiger partial charge in [0.25, 0.3) is 5.91 Å². The van der Waals surface area contributed by atoms with Crippen molar-refractivity contribution in [3.05, 3.63) is 82.5 Å². The van der Waals surface area contributed by atoms with E-state index in [2.05, 4.69) is 20.6 Å². The van der Waals surface area contributed by atoms with Gasteiger partial charge in [0, 0.05) is 23.7 Å². The third-order valence-electron chi connectivity index (χ3n) is 6.70. The Morgan fingerprint density at radius 2 is 2.15 bits per heavy atom. The first-order valence-corrected chi connectivity index (χ1v) is 13.5. The van der Waals surface area contributed by atoms with Crippen LogP contribution in [0.4, 0.5) is 10.3 Å². The summed E-state index contributed by atoms with van der Waals surface area (Å²) in [6.07, 6.45) is 3.93. The number of hydrogen-bond acceptors (Lipinski definition) is 8. The first-order valence-electron chi connectivity index (χ1n) is 13.1. The zero-order chi connectivity index (χ0) is 29.1. The molecular weight excluding hydrogens is 553 g/mol. The van der Waals surface area contributed by atoms with Crippen LogP contribution in [0.2, 0.25) is 5.02 Å². The molecule has 0 fully saturated rings. The Balaban J connectivity index is 1.29. The van der Waals surface area contributed by atoms with Gasteiger partial charge >= 0.3 is 0 Å². The fraction of sp³-hybridized carbons (Fsp3) is 0.310. The number of aliphatic hydroxyl groups excluding tert-OH is 1. The SMILES string of the molecule is CCOc1cc(F)cc([C@H](NC(=O)CN2Cc3ccc(-c4nc(NC5C=COC5)ncc4Cl)cc3C2=O)[C@H](C)O)c1. The van der Waals surface area contributed by atoms with Crippen LogP contribution in [0.15, 0.2) is 54.9 Å². The molecule has 0 bridgehead atoms. The molecule has 41 heavy (non-hydrogen) atoms. The summed E-state index contributed by atoms with van der Waals surface area (Å²) in [5.74, 6) is -0.720. The summed E-state index contributed by atoms with van der Waals surface area (Å²) in [5.41, 5.74) is 2.62. The number of fused-ring (bicyclic) bond motifs is 1. The number of amides is 2. The zero-order valence-corrected chi connectivity index (χ0v) is 23.2. The highest BCUT2D eigenvalue weighted by Crippen LogP contribution is 2.32. The molecule has 0 saturated carbocycles. The molecule has 1 aromatic heterocycles. The lowest BCUT2D eigenvalue weighted by Gasteiger charge is -2.24. The van der Waals surface area contributed by atoms with Crippen LogP contribution in [-0.4, -0.2) is 63.7 Å². The van der Waals surface area contributed by atoms with Crippen LogP contribution < -0.4 is 15.4 Å². The molecule has 1 unspecified atom stereocenters. The standard InChI is InChI=1S/C29H29ClFN5O5/c1-3-41-22-9-19(8-20(31)11-22)26(16(2)37)34-25(38)14-36-13-18-5-4-17(10-23(18)28(36)39)27-24(30)12-32-29(35-27)33-21-6-7-40-15-21/h4-12,16,21,26,37H,3,13-15H2,1-2H3,(H,34,38)(H,32,33,35)/t16-,21?,26+/m0/s1. The van der Waals surface area contributed by atoms with Crippen molar-refractivity contribution in [3.63, 3.8) is 0 Å². The van der Waals surface area contributed by atoms with E-state index in [-0.39, 0.29) is 25.0 Å². The lowest BCUT2D eigenvalue weighted by Crippen LogP contribution is -2.41. The van der Waals surface area contributed by atoms with Crippen LogP contribution in [0.5, 0.6) is 5.75 Å². The Labute approximate surface area is 241 Å². The molecule has 0 radical (unpaired) electrons. The summed E-state index contributed by atoms with van der Waals surface area (Å²) in [7, 11) is 0. The second-order valence-electron chi connectivity index (χ2n) is 9.78. The normalized spacial score (nSPS) is 17.1. The molecule has 0 saturated heterocycles. The van der Waals surface area contributed by atoms with Gasteiger partial charge in [0.15, 0.2) is 0 Å². The minimum absolute atomic E-state index is 0.0635. The maximum absolute atomic E-state index is 14.2. The largest absolute Gasteiger partial charge is 0.499 e. The number of carbonyl (C=O) groups excluding carboxylic acids is 2. The molecular formula is C29H29ClFN5O5. The number of anilines is 1. The van der Waals surface area contributed by atoms with Crippen molar-refractivity contribution in [1.29, 1.82) is 0 Å². The van der Waals surface area contributed by atoms with Crippen molar-refractivity contribution in [1.82, 2.24) is 20.2 Å². The fourth-order valence-corrected chi connectivity index (χ4v) is 4.99. The van der Waals surface area contributed by atoms with Crippen molar-refractivity contribution >= 4 is 29.4 Å². The molecule has 3 atom stereocenters. The Morgan fingerprint density at radius 1 is 1.32 bits per heavy atom. The summed E-state index contributed by atoms with van der Waals surface area (Å²) in [4.78, 5) is 36.4. The van der Waals surface area contributed by atoms with E-state index < -0.39 is 23.9 Å². The number of halogens is 2. The molecule has 0 aliphatic carbocycles. The predicted octanol–water partition coefficient (Wildman–Crippen LogP) is 3.85. The third kappa shape index (κ3) is 6.41. The van der Waals surface area contributed by atoms with Crippen LogP contribution >= 0.6 is 11.6 Å². The van der Waals surface area contributed by atoms with Crippen molar-refractivity contribution in [2.24, 2.45) is 0 Å². The highest BCUT2D eigenvalue weighted by atomic mass is 35.5. The maximum atomic E-state index is 14.2. The van der Waals surface area contributed by atoms with Crippen molar-refractivity contribution in [2.45, 2.75) is 38.6 Å². The van der Waals surface area contributed by atoms with Crippen molar-refractivity contribution in [3.8, 4) is 17.0 Å². The maximum Gasteiger partial charge on any atom is 0.254 e. The van der Waals surface area contributed by atoms with Gasteiger partial charge in [-0.05, 0) is 49.2 Å². The van der Waals surface area contributed by atoms with Crippen LogP contribution in [-0.2, 0) is 16.1 Å². The Bertz CT molecular complexity index is 1500. The monoisotopic (exact) mass is 581 g/mol. The van der Waals surface area contributed by atoms with Gasteiger partial charge in [-0.1, -0.05) is 23.7 Å². The van der Waals surface area contributed by atoms with E-state index in [1.54, 1.807) is 31.4 Å². The topological polar surface area (TPSA) is 126 Å². The van der Waals surface area contributed by atoms with E-state index in [0.717, 1.165) is 5.56 Å². The number of nitrogens with one attached hydrogen (secondary N) is 2. The highest BCUT2D eigenvalue weighted by molar-refractivity contribution is 6.33. The molecule has 3 aromatic rings. The molecule has 10 nitrogen and oxygen atoms in total. The van der Waals surface area contributed by atoms with E-state index in [1.165, 1.54) is 30.2 Å². The van der Waals surface area contributed by atoms with E-state index in [9.17, 15) is 19.1 Å². The number of aliphatic hydroxyl groups is 1. The summed E-state index contributed by atoms with van der Waals surface area (Å²) in [6, 6.07) is 8.39. The molecule has 214 valence electrons. The van der Waals surface area contributed by atoms with E-state index in [1.807, 2.05) is 12.1 Å². The number of hydrogen-bond donors (Lipinski definition) is 3. The minimum atomic E-state index is -1.03. The summed E-state index contributed by atoms with van der Waals surface area (Å²) >= 11 is 6.40. The van der Waals surface area contributed by atoms with Crippen LogP contribution in [0.1, 0.15) is 41.4 Å². The molecule has 2 amide bonds. The van der Waals surface area contributed by atoms with Crippen LogP contribution in [0.3, 0.4) is 0 Å². The number of benzene rings is 2. The fourth-order valence-electron chi connectivity index (χ4n) is 4.78. The van der Waals surface area contributed by atoms with Gasteiger partial charge in [-0.2, -0.15) is 0 Å². The average molecular weight is 582 g/mol. The molecule has 0 spiro atoms. The number of rotatable bonds is 10. The van der Waals surface area contributed by atoms with E-state index in [4.69, 9.17) is 21.1 Å². The lowest BCUT2D eigenvalue weighted by atomic mass is 10.0. The van der Waals surface area contributed by atoms with Gasteiger partial charge in [0.05, 0.1) is 48.0 Å². The molecule has 2 aliphatic rings. The molecule has 2 aliphatic heterocycles. The lowest BCUT2D eigenvalue weighted by molar-refractivity contribution is -0.123. The molecule has 5 rings (SSSR count). The molecule has 12 heteroatoms. The molecule has 3 heterocycles. The summed E-state index contributed by atoms with van der Waals surface area (Å²) in [5, 5.41) is 16.6. The number of carbonyl (C=O) groups is 2. The molecule has 2 aromatic carbocycles. The average Bonchev–Trinajstić information content (AvgIpc) is 3.55. The Morgan fingerprint density at radius 3 is 2.88 bits per heavy atom. The van der Waals surface area contributed by atoms with Gasteiger partial charge in [0.2, 0.25) is 11.9 Å². The van der Waals surface area contributed by atoms with Gasteiger partial charge in [-0.25, -0.2) is 14.4 Å². The van der Waals surface area contributed by atoms with Gasteiger partial charge in [-0.3, -0.25) is 9.59 Å². The summed E-state index contributed by atoms with van der Waals surface area (Å²) < 4.78 is 24.8. The van der Waals surface area contributed by atoms with Gasteiger partial charge in [0.1, 0.15) is 24.7 Å². The van der Waals surface area contributed by atoms with Gasteiger partial charge in [-0.15, -0.1) is 0 Å². The zero-order valence-electron chi connectivity index (χ0n) is 22.4. The Hall–Kier alpha value is -4.22. The van der Waals surface area contributed by atoms with Gasteiger partial charge < -0.3 is 30.1 Å². The van der Waals surface area contributed by atoms with Crippen LogP contribution in [0.25, 0.3) is 11.3 Å². The number of nitrogens with zero attached hydrogens (tertiary/aromatic N) is 3. The van der Waals surface area contributed by atoms with Crippen molar-refractivity contribution < 1.29 is 28.6 Å². The minimum Gasteiger partial charge on any atom is -0.499 e. The first kappa shape index (κ1) is 28.3. The second-order valence-corrected chi connectivity index (χ2v) is 10.2.